The maximum Gasteiger partial charge on any atom is 0.313 e. The third-order valence-corrected chi connectivity index (χ3v) is 5.16. The van der Waals surface area contributed by atoms with E-state index in [0.29, 0.717) is 5.69 Å². The van der Waals surface area contributed by atoms with E-state index in [-0.39, 0.29) is 27.6 Å². The van der Waals surface area contributed by atoms with Crippen LogP contribution < -0.4 is 20.5 Å². The SMILES string of the molecule is O=C(COc1c(/C=C2/C(=O)NN(c3ccccc3)C2=O)cc(Cl)cc1[N+](=O)[O-])Nc1ccc(F)cc1. The molecule has 0 bridgehead atoms. The first-order valence-corrected chi connectivity index (χ1v) is 10.7. The fourth-order valence-electron chi connectivity index (χ4n) is 3.34. The van der Waals surface area contributed by atoms with Crippen LogP contribution in [0.1, 0.15) is 5.56 Å². The van der Waals surface area contributed by atoms with E-state index in [4.69, 9.17) is 16.3 Å². The van der Waals surface area contributed by atoms with Gasteiger partial charge in [-0.05, 0) is 48.5 Å². The van der Waals surface area contributed by atoms with Crippen molar-refractivity contribution in [1.82, 2.24) is 5.43 Å². The Bertz CT molecular complexity index is 1400. The second kappa shape index (κ2) is 10.2. The predicted octanol–water partition coefficient (Wildman–Crippen LogP) is 3.87. The van der Waals surface area contributed by atoms with Gasteiger partial charge in [-0.2, -0.15) is 0 Å². The zero-order valence-electron chi connectivity index (χ0n) is 18.2. The number of nitrogens with zero attached hydrogens (tertiary/aromatic N) is 2. The Balaban J connectivity index is 1.63. The average Bonchev–Trinajstić information content (AvgIpc) is 3.13. The minimum Gasteiger partial charge on any atom is -0.476 e. The van der Waals surface area contributed by atoms with E-state index in [1.54, 1.807) is 30.3 Å². The van der Waals surface area contributed by atoms with Crippen LogP contribution in [0.25, 0.3) is 6.08 Å². The molecule has 0 radical (unpaired) electrons. The van der Waals surface area contributed by atoms with E-state index in [1.165, 1.54) is 18.2 Å². The molecule has 0 aliphatic carbocycles. The van der Waals surface area contributed by atoms with Gasteiger partial charge in [-0.3, -0.25) is 29.9 Å². The second-order valence-electron chi connectivity index (χ2n) is 7.42. The molecule has 1 saturated heterocycles. The highest BCUT2D eigenvalue weighted by molar-refractivity contribution is 6.32. The third-order valence-electron chi connectivity index (χ3n) is 4.94. The molecule has 3 aromatic rings. The summed E-state index contributed by atoms with van der Waals surface area (Å²) in [6.45, 7) is -0.660. The molecule has 0 saturated carbocycles. The quantitative estimate of drug-likeness (QED) is 0.215. The van der Waals surface area contributed by atoms with Crippen molar-refractivity contribution >= 4 is 52.5 Å². The molecule has 0 aromatic heterocycles. The van der Waals surface area contributed by atoms with Crippen LogP contribution >= 0.6 is 11.6 Å². The lowest BCUT2D eigenvalue weighted by atomic mass is 10.1. The largest absolute Gasteiger partial charge is 0.476 e. The topological polar surface area (TPSA) is 131 Å². The van der Waals surface area contributed by atoms with Crippen LogP contribution in [0.3, 0.4) is 0 Å². The van der Waals surface area contributed by atoms with Crippen molar-refractivity contribution in [3.05, 3.63) is 98.8 Å². The Morgan fingerprint density at radius 3 is 2.50 bits per heavy atom. The van der Waals surface area contributed by atoms with Gasteiger partial charge in [0.2, 0.25) is 5.75 Å². The fraction of sp³-hybridized carbons (Fsp3) is 0.0417. The maximum atomic E-state index is 13.1. The van der Waals surface area contributed by atoms with Crippen LogP contribution in [0, 0.1) is 15.9 Å². The van der Waals surface area contributed by atoms with E-state index in [2.05, 4.69) is 10.7 Å². The van der Waals surface area contributed by atoms with Crippen molar-refractivity contribution in [2.24, 2.45) is 0 Å². The predicted molar refractivity (Wildman–Crippen MR) is 129 cm³/mol. The van der Waals surface area contributed by atoms with E-state index < -0.39 is 40.8 Å². The molecule has 3 aromatic carbocycles. The summed E-state index contributed by atoms with van der Waals surface area (Å²) in [6.07, 6.45) is 1.10. The summed E-state index contributed by atoms with van der Waals surface area (Å²) < 4.78 is 18.5. The van der Waals surface area contributed by atoms with Gasteiger partial charge in [-0.1, -0.05) is 29.8 Å². The number of carbonyl (C=O) groups is 3. The zero-order chi connectivity index (χ0) is 25.8. The van der Waals surface area contributed by atoms with Gasteiger partial charge < -0.3 is 10.1 Å². The van der Waals surface area contributed by atoms with E-state index in [9.17, 15) is 28.9 Å². The minimum atomic E-state index is -0.770. The first-order chi connectivity index (χ1) is 17.2. The number of halogens is 2. The number of nitro benzene ring substituents is 1. The maximum absolute atomic E-state index is 13.1. The van der Waals surface area contributed by atoms with Crippen molar-refractivity contribution in [1.29, 1.82) is 0 Å². The summed E-state index contributed by atoms with van der Waals surface area (Å²) in [5.74, 6) is -2.99. The number of rotatable bonds is 7. The number of hydrazine groups is 1. The summed E-state index contributed by atoms with van der Waals surface area (Å²) in [7, 11) is 0. The number of nitro groups is 1. The van der Waals surface area contributed by atoms with Crippen LogP contribution in [0.4, 0.5) is 21.5 Å². The van der Waals surface area contributed by atoms with Crippen LogP contribution in [0.5, 0.6) is 5.75 Å². The Morgan fingerprint density at radius 1 is 1.14 bits per heavy atom. The van der Waals surface area contributed by atoms with Gasteiger partial charge >= 0.3 is 5.69 Å². The lowest BCUT2D eigenvalue weighted by Gasteiger charge is -2.14. The lowest BCUT2D eigenvalue weighted by molar-refractivity contribution is -0.385. The number of benzene rings is 3. The minimum absolute atomic E-state index is 0.0533. The highest BCUT2D eigenvalue weighted by atomic mass is 35.5. The van der Waals surface area contributed by atoms with Crippen molar-refractivity contribution in [3.63, 3.8) is 0 Å². The molecule has 1 heterocycles. The van der Waals surface area contributed by atoms with Crippen molar-refractivity contribution < 1.29 is 28.4 Å². The highest BCUT2D eigenvalue weighted by Gasteiger charge is 2.35. The van der Waals surface area contributed by atoms with Gasteiger partial charge in [0.05, 0.1) is 10.6 Å². The van der Waals surface area contributed by atoms with Crippen molar-refractivity contribution in [2.45, 2.75) is 0 Å². The molecule has 1 aliphatic rings. The number of anilines is 2. The number of amides is 3. The molecule has 36 heavy (non-hydrogen) atoms. The molecule has 0 atom stereocenters. The highest BCUT2D eigenvalue weighted by Crippen LogP contribution is 2.36. The van der Waals surface area contributed by atoms with Crippen LogP contribution in [-0.4, -0.2) is 29.3 Å². The number of nitrogens with one attached hydrogen (secondary N) is 2. The van der Waals surface area contributed by atoms with Gasteiger partial charge in [0.1, 0.15) is 11.4 Å². The standard InChI is InChI=1S/C24H16ClFN4O6/c25-15-10-14(11-19-23(32)28-29(24(19)33)18-4-2-1-3-5-18)22(20(12-15)30(34)35)36-13-21(31)27-17-8-6-16(26)7-9-17/h1-12H,13H2,(H,27,31)(H,28,32)/b19-11-. The normalized spacial score (nSPS) is 14.1. The summed E-state index contributed by atoms with van der Waals surface area (Å²) in [5, 5.41) is 15.1. The Morgan fingerprint density at radius 2 is 1.83 bits per heavy atom. The second-order valence-corrected chi connectivity index (χ2v) is 7.86. The third kappa shape index (κ3) is 5.31. The number of carbonyl (C=O) groups excluding carboxylic acids is 3. The lowest BCUT2D eigenvalue weighted by Crippen LogP contribution is -2.35. The number of hydrogen-bond donors (Lipinski definition) is 2. The van der Waals surface area contributed by atoms with Gasteiger partial charge in [0.25, 0.3) is 17.7 Å². The van der Waals surface area contributed by atoms with Crippen LogP contribution in [0.2, 0.25) is 5.02 Å². The summed E-state index contributed by atoms with van der Waals surface area (Å²) in [5.41, 5.74) is 2.16. The monoisotopic (exact) mass is 510 g/mol. The molecule has 1 fully saturated rings. The Labute approximate surface area is 208 Å². The Hall–Kier alpha value is -4.77. The molecule has 1 aliphatic heterocycles. The van der Waals surface area contributed by atoms with Gasteiger partial charge in [0.15, 0.2) is 6.61 Å². The van der Waals surface area contributed by atoms with Crippen LogP contribution in [-0.2, 0) is 14.4 Å². The first-order valence-electron chi connectivity index (χ1n) is 10.3. The Kier molecular flexibility index (Phi) is 6.93. The van der Waals surface area contributed by atoms with Crippen molar-refractivity contribution in [2.75, 3.05) is 16.9 Å². The molecule has 3 amide bonds. The fourth-order valence-corrected chi connectivity index (χ4v) is 3.56. The van der Waals surface area contributed by atoms with Gasteiger partial charge in [0, 0.05) is 22.3 Å². The molecular formula is C24H16ClFN4O6. The molecule has 12 heteroatoms. The number of ether oxygens (including phenoxy) is 1. The molecule has 10 nitrogen and oxygen atoms in total. The van der Waals surface area contributed by atoms with E-state index in [1.807, 2.05) is 0 Å². The number of para-hydroxylation sites is 1. The van der Waals surface area contributed by atoms with Gasteiger partial charge in [-0.15, -0.1) is 0 Å². The van der Waals surface area contributed by atoms with E-state index in [0.717, 1.165) is 29.3 Å². The molecular weight excluding hydrogens is 495 g/mol. The molecule has 0 unspecified atom stereocenters. The average molecular weight is 511 g/mol. The molecule has 0 spiro atoms. The molecule has 4 rings (SSSR count). The smallest absolute Gasteiger partial charge is 0.313 e. The van der Waals surface area contributed by atoms with E-state index >= 15 is 0 Å². The molecule has 182 valence electrons. The first kappa shape index (κ1) is 24.4. The summed E-state index contributed by atoms with van der Waals surface area (Å²) >= 11 is 6.04. The summed E-state index contributed by atoms with van der Waals surface area (Å²) in [6, 6.07) is 15.6. The summed E-state index contributed by atoms with van der Waals surface area (Å²) in [4.78, 5) is 48.6. The molecule has 2 N–H and O–H groups in total. The van der Waals surface area contributed by atoms with Crippen molar-refractivity contribution in [3.8, 4) is 5.75 Å². The number of hydrogen-bond acceptors (Lipinski definition) is 6. The van der Waals surface area contributed by atoms with Crippen LogP contribution in [0.15, 0.2) is 72.3 Å². The van der Waals surface area contributed by atoms with Gasteiger partial charge in [-0.25, -0.2) is 9.40 Å². The zero-order valence-corrected chi connectivity index (χ0v) is 19.0.